The third kappa shape index (κ3) is 3.11. The van der Waals surface area contributed by atoms with Gasteiger partial charge in [0.1, 0.15) is 0 Å². The lowest BCUT2D eigenvalue weighted by molar-refractivity contribution is -0.136. The van der Waals surface area contributed by atoms with Gasteiger partial charge in [-0.15, -0.1) is 0 Å². The van der Waals surface area contributed by atoms with Crippen LogP contribution in [-0.2, 0) is 22.4 Å². The average Bonchev–Trinajstić information content (AvgIpc) is 3.05. The summed E-state index contributed by atoms with van der Waals surface area (Å²) < 4.78 is 5.92. The number of hydrogen-bond donors (Lipinski definition) is 2. The minimum absolute atomic E-state index is 0.0738. The van der Waals surface area contributed by atoms with E-state index < -0.39 is 5.97 Å². The van der Waals surface area contributed by atoms with Crippen LogP contribution in [0.3, 0.4) is 0 Å². The Hall–Kier alpha value is -1.39. The normalized spacial score (nSPS) is 30.7. The molecule has 0 radical (unpaired) electrons. The molecule has 0 aliphatic carbocycles. The van der Waals surface area contributed by atoms with Crippen molar-refractivity contribution in [2.45, 2.75) is 44.3 Å². The highest BCUT2D eigenvalue weighted by Crippen LogP contribution is 2.45. The molecule has 4 heteroatoms. The van der Waals surface area contributed by atoms with Crippen molar-refractivity contribution in [1.29, 1.82) is 0 Å². The first kappa shape index (κ1) is 14.5. The van der Waals surface area contributed by atoms with Crippen molar-refractivity contribution >= 4 is 5.97 Å². The van der Waals surface area contributed by atoms with Gasteiger partial charge in [0, 0.05) is 12.5 Å². The van der Waals surface area contributed by atoms with Crippen LogP contribution in [0.1, 0.15) is 30.4 Å². The summed E-state index contributed by atoms with van der Waals surface area (Å²) in [6.07, 6.45) is 4.76. The standard InChI is InChI=1S/C17H22O4/c18-10-14-13(15-6-7-16(14)21-15)5-4-11-2-1-3-12(8-11)9-17(19)20/h1-3,8,13-16,18H,4-7,9-10H2,(H,19,20)/t13-,14+,15+,16-/m1/s1. The van der Waals surface area contributed by atoms with Gasteiger partial charge in [-0.2, -0.15) is 0 Å². The summed E-state index contributed by atoms with van der Waals surface area (Å²) in [5, 5.41) is 18.4. The minimum Gasteiger partial charge on any atom is -0.481 e. The predicted molar refractivity (Wildman–Crippen MR) is 78.1 cm³/mol. The minimum atomic E-state index is -0.797. The Labute approximate surface area is 124 Å². The third-order valence-electron chi connectivity index (χ3n) is 4.91. The zero-order chi connectivity index (χ0) is 14.8. The van der Waals surface area contributed by atoms with Crippen molar-refractivity contribution in [3.63, 3.8) is 0 Å². The highest BCUT2D eigenvalue weighted by molar-refractivity contribution is 5.70. The molecule has 2 heterocycles. The second-order valence-electron chi connectivity index (χ2n) is 6.23. The molecule has 4 nitrogen and oxygen atoms in total. The number of aryl methyl sites for hydroxylation is 1. The van der Waals surface area contributed by atoms with Gasteiger partial charge in [0.2, 0.25) is 0 Å². The van der Waals surface area contributed by atoms with Crippen LogP contribution in [-0.4, -0.2) is 35.0 Å². The second-order valence-corrected chi connectivity index (χ2v) is 6.23. The maximum Gasteiger partial charge on any atom is 0.307 e. The molecule has 3 rings (SSSR count). The number of carboxylic acids is 1. The van der Waals surface area contributed by atoms with E-state index in [2.05, 4.69) is 0 Å². The summed E-state index contributed by atoms with van der Waals surface area (Å²) in [6, 6.07) is 7.81. The molecule has 2 bridgehead atoms. The van der Waals surface area contributed by atoms with E-state index in [-0.39, 0.29) is 25.0 Å². The number of carboxylic acid groups (broad SMARTS) is 1. The van der Waals surface area contributed by atoms with E-state index in [1.807, 2.05) is 24.3 Å². The zero-order valence-electron chi connectivity index (χ0n) is 12.1. The Morgan fingerprint density at radius 3 is 2.62 bits per heavy atom. The first-order valence-corrected chi connectivity index (χ1v) is 7.73. The second kappa shape index (κ2) is 6.16. The molecule has 0 spiro atoms. The van der Waals surface area contributed by atoms with Crippen molar-refractivity contribution in [1.82, 2.24) is 0 Å². The number of fused-ring (bicyclic) bond motifs is 2. The molecular formula is C17H22O4. The van der Waals surface area contributed by atoms with Crippen LogP contribution < -0.4 is 0 Å². The molecule has 2 aliphatic heterocycles. The molecule has 0 amide bonds. The van der Waals surface area contributed by atoms with Crippen LogP contribution in [0.15, 0.2) is 24.3 Å². The van der Waals surface area contributed by atoms with Crippen LogP contribution in [0.4, 0.5) is 0 Å². The SMILES string of the molecule is O=C(O)Cc1cccc(CC[C@@H]2[C@H](CO)[C@H]3CC[C@@H]2O3)c1. The first-order valence-electron chi connectivity index (χ1n) is 7.73. The summed E-state index contributed by atoms with van der Waals surface area (Å²) in [5.41, 5.74) is 2.02. The molecule has 0 aromatic heterocycles. The summed E-state index contributed by atoms with van der Waals surface area (Å²) in [5.74, 6) is -0.0724. The Morgan fingerprint density at radius 2 is 1.90 bits per heavy atom. The predicted octanol–water partition coefficient (Wildman–Crippen LogP) is 2.03. The van der Waals surface area contributed by atoms with Crippen molar-refractivity contribution < 1.29 is 19.7 Å². The molecule has 1 aromatic rings. The number of benzene rings is 1. The Bertz CT molecular complexity index is 513. The van der Waals surface area contributed by atoms with Gasteiger partial charge in [0.05, 0.1) is 18.6 Å². The number of aliphatic hydroxyl groups excluding tert-OH is 1. The van der Waals surface area contributed by atoms with Gasteiger partial charge >= 0.3 is 5.97 Å². The summed E-state index contributed by atoms with van der Waals surface area (Å²) >= 11 is 0. The van der Waals surface area contributed by atoms with Gasteiger partial charge < -0.3 is 14.9 Å². The Morgan fingerprint density at radius 1 is 1.19 bits per heavy atom. The van der Waals surface area contributed by atoms with Crippen LogP contribution >= 0.6 is 0 Å². The topological polar surface area (TPSA) is 66.8 Å². The van der Waals surface area contributed by atoms with E-state index in [4.69, 9.17) is 9.84 Å². The van der Waals surface area contributed by atoms with E-state index in [0.717, 1.165) is 31.2 Å². The number of aliphatic hydroxyl groups is 1. The fourth-order valence-corrected chi connectivity index (χ4v) is 3.93. The fourth-order valence-electron chi connectivity index (χ4n) is 3.93. The lowest BCUT2D eigenvalue weighted by Crippen LogP contribution is -2.30. The third-order valence-corrected chi connectivity index (χ3v) is 4.91. The maximum atomic E-state index is 10.8. The smallest absolute Gasteiger partial charge is 0.307 e. The molecule has 2 N–H and O–H groups in total. The number of rotatable bonds is 6. The molecule has 4 atom stereocenters. The van der Waals surface area contributed by atoms with Gasteiger partial charge in [0.25, 0.3) is 0 Å². The van der Waals surface area contributed by atoms with Crippen LogP contribution in [0.5, 0.6) is 0 Å². The van der Waals surface area contributed by atoms with Gasteiger partial charge in [-0.3, -0.25) is 4.79 Å². The number of ether oxygens (including phenoxy) is 1. The Kier molecular flexibility index (Phi) is 4.27. The molecule has 21 heavy (non-hydrogen) atoms. The van der Waals surface area contributed by atoms with E-state index in [9.17, 15) is 9.90 Å². The van der Waals surface area contributed by atoms with Crippen molar-refractivity contribution in [3.8, 4) is 0 Å². The molecule has 1 aromatic carbocycles. The summed E-state index contributed by atoms with van der Waals surface area (Å²) in [6.45, 7) is 0.213. The largest absolute Gasteiger partial charge is 0.481 e. The van der Waals surface area contributed by atoms with Crippen molar-refractivity contribution in [3.05, 3.63) is 35.4 Å². The first-order chi connectivity index (χ1) is 10.2. The highest BCUT2D eigenvalue weighted by atomic mass is 16.5. The van der Waals surface area contributed by atoms with Gasteiger partial charge in [-0.1, -0.05) is 24.3 Å². The van der Waals surface area contributed by atoms with Crippen molar-refractivity contribution in [2.75, 3.05) is 6.61 Å². The molecule has 2 aliphatic rings. The summed E-state index contributed by atoms with van der Waals surface area (Å²) in [4.78, 5) is 10.8. The van der Waals surface area contributed by atoms with E-state index in [1.165, 1.54) is 5.56 Å². The zero-order valence-corrected chi connectivity index (χ0v) is 12.1. The highest BCUT2D eigenvalue weighted by Gasteiger charge is 2.47. The maximum absolute atomic E-state index is 10.8. The number of aliphatic carboxylic acids is 1. The van der Waals surface area contributed by atoms with E-state index in [1.54, 1.807) is 0 Å². The molecule has 2 saturated heterocycles. The van der Waals surface area contributed by atoms with Crippen molar-refractivity contribution in [2.24, 2.45) is 11.8 Å². The molecule has 114 valence electrons. The van der Waals surface area contributed by atoms with Crippen LogP contribution in [0.2, 0.25) is 0 Å². The van der Waals surface area contributed by atoms with Gasteiger partial charge in [-0.05, 0) is 42.7 Å². The molecule has 2 fully saturated rings. The average molecular weight is 290 g/mol. The lowest BCUT2D eigenvalue weighted by Gasteiger charge is -2.26. The molecular weight excluding hydrogens is 268 g/mol. The summed E-state index contributed by atoms with van der Waals surface area (Å²) in [7, 11) is 0. The number of carbonyl (C=O) groups is 1. The Balaban J connectivity index is 1.61. The van der Waals surface area contributed by atoms with Crippen LogP contribution in [0, 0.1) is 11.8 Å². The van der Waals surface area contributed by atoms with E-state index >= 15 is 0 Å². The van der Waals surface area contributed by atoms with Crippen LogP contribution in [0.25, 0.3) is 0 Å². The molecule has 0 saturated carbocycles. The monoisotopic (exact) mass is 290 g/mol. The quantitative estimate of drug-likeness (QED) is 0.841. The van der Waals surface area contributed by atoms with Gasteiger partial charge in [0.15, 0.2) is 0 Å². The number of hydrogen-bond acceptors (Lipinski definition) is 3. The van der Waals surface area contributed by atoms with E-state index in [0.29, 0.717) is 12.0 Å². The van der Waals surface area contributed by atoms with Gasteiger partial charge in [-0.25, -0.2) is 0 Å². The lowest BCUT2D eigenvalue weighted by atomic mass is 9.77. The molecule has 0 unspecified atom stereocenters. The fraction of sp³-hybridized carbons (Fsp3) is 0.588.